The van der Waals surface area contributed by atoms with Crippen LogP contribution in [-0.4, -0.2) is 34.0 Å². The van der Waals surface area contributed by atoms with E-state index in [0.717, 1.165) is 30.6 Å². The molecule has 0 aliphatic carbocycles. The van der Waals surface area contributed by atoms with Crippen LogP contribution in [0.4, 0.5) is 0 Å². The van der Waals surface area contributed by atoms with E-state index in [1.807, 2.05) is 41.8 Å². The molecule has 0 spiro atoms. The Balaban J connectivity index is 1.40. The van der Waals surface area contributed by atoms with Crippen molar-refractivity contribution in [3.05, 3.63) is 52.9 Å². The van der Waals surface area contributed by atoms with E-state index in [-0.39, 0.29) is 24.1 Å². The van der Waals surface area contributed by atoms with Gasteiger partial charge in [-0.1, -0.05) is 12.1 Å². The summed E-state index contributed by atoms with van der Waals surface area (Å²) < 4.78 is 6.02. The minimum Gasteiger partial charge on any atom is -0.474 e. The summed E-state index contributed by atoms with van der Waals surface area (Å²) in [6.07, 6.45) is 9.48. The van der Waals surface area contributed by atoms with Crippen LogP contribution in [0.5, 0.6) is 5.88 Å². The van der Waals surface area contributed by atoms with Crippen molar-refractivity contribution in [2.75, 3.05) is 0 Å². The topological polar surface area (TPSA) is 42.4 Å². The molecule has 2 atom stereocenters. The van der Waals surface area contributed by atoms with Crippen LogP contribution in [0.2, 0.25) is 0 Å². The normalized spacial score (nSPS) is 26.0. The number of hydrogen-bond donors (Lipinski definition) is 0. The van der Waals surface area contributed by atoms with E-state index < -0.39 is 0 Å². The Bertz CT molecular complexity index is 700. The SMILES string of the molecule is O=C(/C=C/c1cccs1)N1C2CCC1CC(Oc1ccccn1)C2. The number of piperidine rings is 1. The maximum absolute atomic E-state index is 12.6. The fourth-order valence-electron chi connectivity index (χ4n) is 3.80. The Labute approximate surface area is 145 Å². The molecule has 4 nitrogen and oxygen atoms in total. The van der Waals surface area contributed by atoms with Gasteiger partial charge in [0, 0.05) is 48.1 Å². The Morgan fingerprint density at radius 3 is 2.71 bits per heavy atom. The van der Waals surface area contributed by atoms with Crippen molar-refractivity contribution in [2.45, 2.75) is 43.9 Å². The van der Waals surface area contributed by atoms with Gasteiger partial charge in [-0.25, -0.2) is 4.98 Å². The van der Waals surface area contributed by atoms with Crippen LogP contribution in [0.15, 0.2) is 48.0 Å². The van der Waals surface area contributed by atoms with Crippen molar-refractivity contribution >= 4 is 23.3 Å². The van der Waals surface area contributed by atoms with E-state index in [0.29, 0.717) is 5.88 Å². The highest BCUT2D eigenvalue weighted by Crippen LogP contribution is 2.37. The van der Waals surface area contributed by atoms with Crippen LogP contribution >= 0.6 is 11.3 Å². The molecule has 2 saturated heterocycles. The number of nitrogens with zero attached hydrogens (tertiary/aromatic N) is 2. The molecule has 0 aromatic carbocycles. The van der Waals surface area contributed by atoms with Crippen molar-refractivity contribution in [3.8, 4) is 5.88 Å². The van der Waals surface area contributed by atoms with Gasteiger partial charge < -0.3 is 9.64 Å². The molecule has 2 unspecified atom stereocenters. The van der Waals surface area contributed by atoms with E-state index in [1.165, 1.54) is 0 Å². The maximum atomic E-state index is 12.6. The largest absolute Gasteiger partial charge is 0.474 e. The van der Waals surface area contributed by atoms with Crippen molar-refractivity contribution in [1.29, 1.82) is 0 Å². The molecule has 2 fully saturated rings. The molecule has 0 saturated carbocycles. The molecular weight excluding hydrogens is 320 g/mol. The molecule has 5 heteroatoms. The number of ether oxygens (including phenoxy) is 1. The fraction of sp³-hybridized carbons (Fsp3) is 0.368. The molecule has 0 N–H and O–H groups in total. The second kappa shape index (κ2) is 6.77. The van der Waals surface area contributed by atoms with Gasteiger partial charge in [-0.05, 0) is 36.4 Å². The van der Waals surface area contributed by atoms with Crippen LogP contribution in [0.1, 0.15) is 30.6 Å². The van der Waals surface area contributed by atoms with E-state index in [4.69, 9.17) is 4.74 Å². The summed E-state index contributed by atoms with van der Waals surface area (Å²) in [5, 5.41) is 2.02. The molecule has 0 radical (unpaired) electrons. The lowest BCUT2D eigenvalue weighted by atomic mass is 9.99. The molecule has 4 heterocycles. The van der Waals surface area contributed by atoms with Gasteiger partial charge in [0.15, 0.2) is 0 Å². The number of rotatable bonds is 4. The zero-order valence-electron chi connectivity index (χ0n) is 13.4. The molecule has 24 heavy (non-hydrogen) atoms. The average molecular weight is 340 g/mol. The number of aromatic nitrogens is 1. The molecule has 2 aromatic heterocycles. The molecule has 4 rings (SSSR count). The summed E-state index contributed by atoms with van der Waals surface area (Å²) in [6, 6.07) is 10.3. The van der Waals surface area contributed by atoms with Crippen LogP contribution in [-0.2, 0) is 4.79 Å². The highest BCUT2D eigenvalue weighted by molar-refractivity contribution is 7.10. The first-order valence-electron chi connectivity index (χ1n) is 8.41. The predicted octanol–water partition coefficient (Wildman–Crippen LogP) is 3.76. The Morgan fingerprint density at radius 1 is 1.21 bits per heavy atom. The van der Waals surface area contributed by atoms with Crippen molar-refractivity contribution < 1.29 is 9.53 Å². The molecule has 2 bridgehead atoms. The summed E-state index contributed by atoms with van der Waals surface area (Å²) in [7, 11) is 0. The summed E-state index contributed by atoms with van der Waals surface area (Å²) in [4.78, 5) is 20.0. The maximum Gasteiger partial charge on any atom is 0.247 e. The zero-order chi connectivity index (χ0) is 16.4. The summed E-state index contributed by atoms with van der Waals surface area (Å²) in [5.41, 5.74) is 0. The molecular formula is C19H20N2O2S. The smallest absolute Gasteiger partial charge is 0.247 e. The minimum atomic E-state index is 0.132. The Hall–Kier alpha value is -2.14. The number of pyridine rings is 1. The van der Waals surface area contributed by atoms with Gasteiger partial charge >= 0.3 is 0 Å². The lowest BCUT2D eigenvalue weighted by molar-refractivity contribution is -0.131. The Kier molecular flexibility index (Phi) is 4.34. The van der Waals surface area contributed by atoms with Crippen molar-refractivity contribution in [2.24, 2.45) is 0 Å². The first-order chi connectivity index (χ1) is 11.8. The quantitative estimate of drug-likeness (QED) is 0.796. The number of amides is 1. The first kappa shape index (κ1) is 15.4. The van der Waals surface area contributed by atoms with Gasteiger partial charge in [0.2, 0.25) is 11.8 Å². The van der Waals surface area contributed by atoms with Crippen LogP contribution in [0.25, 0.3) is 6.08 Å². The van der Waals surface area contributed by atoms with Gasteiger partial charge in [-0.15, -0.1) is 11.3 Å². The van der Waals surface area contributed by atoms with Gasteiger partial charge in [0.25, 0.3) is 0 Å². The number of carbonyl (C=O) groups is 1. The Morgan fingerprint density at radius 2 is 2.04 bits per heavy atom. The lowest BCUT2D eigenvalue weighted by Crippen LogP contribution is -2.48. The van der Waals surface area contributed by atoms with Crippen molar-refractivity contribution in [3.63, 3.8) is 0 Å². The molecule has 2 aromatic rings. The third-order valence-corrected chi connectivity index (χ3v) is 5.64. The first-order valence-corrected chi connectivity index (χ1v) is 9.29. The van der Waals surface area contributed by atoms with Crippen LogP contribution in [0, 0.1) is 0 Å². The minimum absolute atomic E-state index is 0.132. The molecule has 2 aliphatic heterocycles. The van der Waals surface area contributed by atoms with Gasteiger partial charge in [-0.2, -0.15) is 0 Å². The third-order valence-electron chi connectivity index (χ3n) is 4.80. The van der Waals surface area contributed by atoms with Gasteiger partial charge in [0.1, 0.15) is 6.10 Å². The molecule has 2 aliphatic rings. The van der Waals surface area contributed by atoms with E-state index in [1.54, 1.807) is 23.6 Å². The summed E-state index contributed by atoms with van der Waals surface area (Å²) in [5.74, 6) is 0.812. The summed E-state index contributed by atoms with van der Waals surface area (Å²) >= 11 is 1.65. The molecule has 124 valence electrons. The van der Waals surface area contributed by atoms with E-state index in [9.17, 15) is 4.79 Å². The predicted molar refractivity (Wildman–Crippen MR) is 94.9 cm³/mol. The third kappa shape index (κ3) is 3.22. The highest BCUT2D eigenvalue weighted by Gasteiger charge is 2.43. The van der Waals surface area contributed by atoms with Gasteiger partial charge in [0.05, 0.1) is 0 Å². The second-order valence-electron chi connectivity index (χ2n) is 6.36. The second-order valence-corrected chi connectivity index (χ2v) is 7.34. The molecule has 1 amide bonds. The zero-order valence-corrected chi connectivity index (χ0v) is 14.2. The van der Waals surface area contributed by atoms with Crippen molar-refractivity contribution in [1.82, 2.24) is 9.88 Å². The standard InChI is InChI=1S/C19H20N2O2S/c22-19(9-8-17-4-3-11-24-17)21-14-6-7-15(21)13-16(12-14)23-18-5-1-2-10-20-18/h1-5,8-11,14-16H,6-7,12-13H2/b9-8+. The number of fused-ring (bicyclic) bond motifs is 2. The lowest BCUT2D eigenvalue weighted by Gasteiger charge is -2.38. The number of thiophene rings is 1. The van der Waals surface area contributed by atoms with E-state index >= 15 is 0 Å². The average Bonchev–Trinajstić information content (AvgIpc) is 3.20. The number of hydrogen-bond acceptors (Lipinski definition) is 4. The van der Waals surface area contributed by atoms with Gasteiger partial charge in [-0.3, -0.25) is 4.79 Å². The fourth-order valence-corrected chi connectivity index (χ4v) is 4.41. The number of carbonyl (C=O) groups excluding carboxylic acids is 1. The monoisotopic (exact) mass is 340 g/mol. The van der Waals surface area contributed by atoms with E-state index in [2.05, 4.69) is 9.88 Å². The highest BCUT2D eigenvalue weighted by atomic mass is 32.1. The van der Waals surface area contributed by atoms with Crippen LogP contribution < -0.4 is 4.74 Å². The summed E-state index contributed by atoms with van der Waals surface area (Å²) in [6.45, 7) is 0. The van der Waals surface area contributed by atoms with Crippen LogP contribution in [0.3, 0.4) is 0 Å².